The van der Waals surface area contributed by atoms with Crippen molar-refractivity contribution in [3.05, 3.63) is 0 Å². The highest BCUT2D eigenvalue weighted by Gasteiger charge is 2.31. The number of alkyl carbamates (subject to hydrolysis) is 1. The topological polar surface area (TPSA) is 67.4 Å². The highest BCUT2D eigenvalue weighted by molar-refractivity contribution is 6.04. The van der Waals surface area contributed by atoms with Gasteiger partial charge >= 0.3 is 12.1 Å². The standard InChI is InChI=1S/C7H13BN2O3/c8-9-4-2-1-3-5-6(11)13-7(12)10-5/h5,9H,1-4,8H2,(H,10,12)/t5-/m0/s1. The average Bonchev–Trinajstić information content (AvgIpc) is 2.39. The summed E-state index contributed by atoms with van der Waals surface area (Å²) >= 11 is 0. The molecule has 1 aliphatic heterocycles. The number of unbranched alkanes of at least 4 members (excludes halogenated alkanes) is 1. The molecule has 0 unspecified atom stereocenters. The molecule has 0 aromatic heterocycles. The van der Waals surface area contributed by atoms with E-state index in [4.69, 9.17) is 0 Å². The molecule has 1 heterocycles. The van der Waals surface area contributed by atoms with Crippen LogP contribution >= 0.6 is 0 Å². The summed E-state index contributed by atoms with van der Waals surface area (Å²) in [5, 5.41) is 5.46. The normalized spacial score (nSPS) is 21.4. The molecule has 0 aromatic carbocycles. The van der Waals surface area contributed by atoms with E-state index in [0.717, 1.165) is 19.4 Å². The lowest BCUT2D eigenvalue weighted by atomic mass is 10.1. The third-order valence-corrected chi connectivity index (χ3v) is 1.94. The summed E-state index contributed by atoms with van der Waals surface area (Å²) in [7, 11) is 1.88. The van der Waals surface area contributed by atoms with Crippen LogP contribution < -0.4 is 10.5 Å². The lowest BCUT2D eigenvalue weighted by molar-refractivity contribution is -0.135. The summed E-state index contributed by atoms with van der Waals surface area (Å²) < 4.78 is 4.33. The van der Waals surface area contributed by atoms with Gasteiger partial charge in [-0.2, -0.15) is 0 Å². The molecule has 1 aliphatic rings. The molecule has 1 rings (SSSR count). The van der Waals surface area contributed by atoms with Gasteiger partial charge < -0.3 is 15.3 Å². The number of ether oxygens (including phenoxy) is 1. The van der Waals surface area contributed by atoms with Gasteiger partial charge in [-0.15, -0.1) is 0 Å². The van der Waals surface area contributed by atoms with Crippen LogP contribution in [0.15, 0.2) is 0 Å². The molecule has 0 aromatic rings. The van der Waals surface area contributed by atoms with Gasteiger partial charge in [-0.3, -0.25) is 0 Å². The minimum absolute atomic E-state index is 0.427. The minimum atomic E-state index is -0.622. The molecule has 0 radical (unpaired) electrons. The fraction of sp³-hybridized carbons (Fsp3) is 0.714. The van der Waals surface area contributed by atoms with Crippen LogP contribution in [0.1, 0.15) is 19.3 Å². The molecule has 5 nitrogen and oxygen atoms in total. The van der Waals surface area contributed by atoms with Crippen molar-refractivity contribution in [3.8, 4) is 0 Å². The molecule has 0 aliphatic carbocycles. The van der Waals surface area contributed by atoms with Crippen molar-refractivity contribution in [1.82, 2.24) is 10.5 Å². The van der Waals surface area contributed by atoms with Crippen molar-refractivity contribution in [2.75, 3.05) is 6.54 Å². The Kier molecular flexibility index (Phi) is 3.76. The van der Waals surface area contributed by atoms with Crippen LogP contribution in [0.3, 0.4) is 0 Å². The van der Waals surface area contributed by atoms with E-state index in [2.05, 4.69) is 15.3 Å². The molecule has 1 atom stereocenters. The third kappa shape index (κ3) is 3.06. The van der Waals surface area contributed by atoms with Gasteiger partial charge in [-0.25, -0.2) is 9.59 Å². The monoisotopic (exact) mass is 184 g/mol. The number of nitrogens with one attached hydrogen (secondary N) is 2. The first-order chi connectivity index (χ1) is 6.24. The van der Waals surface area contributed by atoms with Gasteiger partial charge in [-0.1, -0.05) is 0 Å². The van der Waals surface area contributed by atoms with Crippen molar-refractivity contribution in [2.24, 2.45) is 0 Å². The van der Waals surface area contributed by atoms with Crippen LogP contribution in [-0.4, -0.2) is 32.6 Å². The number of esters is 1. The van der Waals surface area contributed by atoms with E-state index in [1.165, 1.54) is 0 Å². The number of carbonyl (C=O) groups excluding carboxylic acids is 2. The highest BCUT2D eigenvalue weighted by atomic mass is 16.6. The van der Waals surface area contributed by atoms with Gasteiger partial charge in [0.25, 0.3) is 0 Å². The van der Waals surface area contributed by atoms with E-state index in [-0.39, 0.29) is 0 Å². The molecule has 1 amide bonds. The van der Waals surface area contributed by atoms with Crippen molar-refractivity contribution in [2.45, 2.75) is 25.3 Å². The smallest absolute Gasteiger partial charge is 0.375 e. The van der Waals surface area contributed by atoms with Crippen LogP contribution in [0.25, 0.3) is 0 Å². The second-order valence-electron chi connectivity index (χ2n) is 3.00. The number of rotatable bonds is 5. The Labute approximate surface area is 77.6 Å². The Hall–Kier alpha value is -1.04. The number of cyclic esters (lactones) is 2. The maximum absolute atomic E-state index is 10.9. The first kappa shape index (κ1) is 10.0. The molecule has 0 bridgehead atoms. The number of hydrogen-bond donors (Lipinski definition) is 2. The largest absolute Gasteiger partial charge is 0.415 e. The van der Waals surface area contributed by atoms with E-state index in [0.29, 0.717) is 6.42 Å². The molecule has 0 spiro atoms. The second kappa shape index (κ2) is 4.86. The van der Waals surface area contributed by atoms with Gasteiger partial charge in [0.1, 0.15) is 6.04 Å². The highest BCUT2D eigenvalue weighted by Crippen LogP contribution is 2.07. The zero-order valence-corrected chi connectivity index (χ0v) is 7.63. The molecule has 13 heavy (non-hydrogen) atoms. The molecule has 1 saturated heterocycles. The van der Waals surface area contributed by atoms with Crippen molar-refractivity contribution in [1.29, 1.82) is 0 Å². The molecule has 72 valence electrons. The summed E-state index contributed by atoms with van der Waals surface area (Å²) in [4.78, 5) is 21.5. The van der Waals surface area contributed by atoms with Crippen LogP contribution in [0.5, 0.6) is 0 Å². The van der Waals surface area contributed by atoms with Crippen molar-refractivity contribution in [3.63, 3.8) is 0 Å². The Bertz CT molecular complexity index is 210. The lowest BCUT2D eigenvalue weighted by Crippen LogP contribution is -2.28. The summed E-state index contributed by atoms with van der Waals surface area (Å²) in [6, 6.07) is -0.427. The predicted molar refractivity (Wildman–Crippen MR) is 48.8 cm³/mol. The van der Waals surface area contributed by atoms with Gasteiger partial charge in [0.05, 0.1) is 0 Å². The molecule has 0 saturated carbocycles. The van der Waals surface area contributed by atoms with Crippen LogP contribution in [0.2, 0.25) is 0 Å². The van der Waals surface area contributed by atoms with Crippen LogP contribution in [0, 0.1) is 0 Å². The molecule has 1 fully saturated rings. The Morgan fingerprint density at radius 3 is 2.77 bits per heavy atom. The Morgan fingerprint density at radius 2 is 2.23 bits per heavy atom. The average molecular weight is 184 g/mol. The summed E-state index contributed by atoms with van der Waals surface area (Å²) in [5.41, 5.74) is 0. The quantitative estimate of drug-likeness (QED) is 0.247. The number of hydrogen-bond acceptors (Lipinski definition) is 4. The van der Waals surface area contributed by atoms with E-state index in [1.54, 1.807) is 0 Å². The Balaban J connectivity index is 2.14. The van der Waals surface area contributed by atoms with Gasteiger partial charge in [-0.05, 0) is 25.8 Å². The number of amides is 1. The van der Waals surface area contributed by atoms with E-state index < -0.39 is 18.1 Å². The van der Waals surface area contributed by atoms with Crippen LogP contribution in [-0.2, 0) is 9.53 Å². The maximum Gasteiger partial charge on any atom is 0.415 e. The van der Waals surface area contributed by atoms with Gasteiger partial charge in [0.15, 0.2) is 7.98 Å². The number of carbonyl (C=O) groups is 2. The maximum atomic E-state index is 10.9. The fourth-order valence-electron chi connectivity index (χ4n) is 1.23. The second-order valence-corrected chi connectivity index (χ2v) is 3.00. The zero-order valence-electron chi connectivity index (χ0n) is 7.63. The first-order valence-corrected chi connectivity index (χ1v) is 4.41. The predicted octanol–water partition coefficient (Wildman–Crippen LogP) is -1.07. The first-order valence-electron chi connectivity index (χ1n) is 4.41. The fourth-order valence-corrected chi connectivity index (χ4v) is 1.23. The minimum Gasteiger partial charge on any atom is -0.375 e. The zero-order chi connectivity index (χ0) is 9.68. The lowest BCUT2D eigenvalue weighted by Gasteiger charge is -2.04. The molecule has 6 heteroatoms. The summed E-state index contributed by atoms with van der Waals surface area (Å²) in [5.74, 6) is -0.450. The third-order valence-electron chi connectivity index (χ3n) is 1.94. The van der Waals surface area contributed by atoms with Crippen LogP contribution in [0.4, 0.5) is 4.79 Å². The van der Waals surface area contributed by atoms with Crippen molar-refractivity contribution < 1.29 is 14.3 Å². The molecule has 2 N–H and O–H groups in total. The summed E-state index contributed by atoms with van der Waals surface area (Å²) in [6.07, 6.45) is 1.94. The van der Waals surface area contributed by atoms with E-state index in [9.17, 15) is 9.59 Å². The molecular weight excluding hydrogens is 171 g/mol. The van der Waals surface area contributed by atoms with Crippen molar-refractivity contribution >= 4 is 20.0 Å². The van der Waals surface area contributed by atoms with E-state index >= 15 is 0 Å². The van der Waals surface area contributed by atoms with E-state index in [1.807, 2.05) is 7.98 Å². The van der Waals surface area contributed by atoms with Gasteiger partial charge in [0.2, 0.25) is 0 Å². The van der Waals surface area contributed by atoms with Gasteiger partial charge in [0, 0.05) is 0 Å². The molecular formula is C7H13BN2O3. The summed E-state index contributed by atoms with van der Waals surface area (Å²) in [6.45, 7) is 0.926. The SMILES string of the molecule is BNCCCC[C@@H]1NC(=O)OC1=O. The Morgan fingerprint density at radius 1 is 1.46 bits per heavy atom.